The van der Waals surface area contributed by atoms with E-state index in [1.54, 1.807) is 12.1 Å². The van der Waals surface area contributed by atoms with Gasteiger partial charge in [-0.15, -0.1) is 0 Å². The highest BCUT2D eigenvalue weighted by atomic mass is 16.5. The minimum absolute atomic E-state index is 0.0931. The van der Waals surface area contributed by atoms with Crippen molar-refractivity contribution in [2.75, 3.05) is 13.1 Å². The van der Waals surface area contributed by atoms with E-state index in [0.717, 1.165) is 5.56 Å². The van der Waals surface area contributed by atoms with Gasteiger partial charge in [-0.1, -0.05) is 30.3 Å². The van der Waals surface area contributed by atoms with E-state index in [-0.39, 0.29) is 19.7 Å². The lowest BCUT2D eigenvalue weighted by molar-refractivity contribution is -0.146. The van der Waals surface area contributed by atoms with Gasteiger partial charge in [0.05, 0.1) is 6.54 Å². The number of aliphatic hydroxyl groups is 2. The minimum atomic E-state index is -1.63. The highest BCUT2D eigenvalue weighted by molar-refractivity contribution is 5.74. The van der Waals surface area contributed by atoms with Crippen LogP contribution in [0.2, 0.25) is 0 Å². The molecular formula is C14H20N2O8. The minimum Gasteiger partial charge on any atom is -0.479 e. The van der Waals surface area contributed by atoms with Crippen LogP contribution in [0.25, 0.3) is 0 Å². The summed E-state index contributed by atoms with van der Waals surface area (Å²) in [7, 11) is 0. The van der Waals surface area contributed by atoms with Gasteiger partial charge in [0.1, 0.15) is 6.61 Å². The molecule has 1 aromatic carbocycles. The lowest BCUT2D eigenvalue weighted by Gasteiger charge is -2.08. The van der Waals surface area contributed by atoms with Crippen molar-refractivity contribution in [1.82, 2.24) is 5.32 Å². The monoisotopic (exact) mass is 344 g/mol. The van der Waals surface area contributed by atoms with E-state index in [0.29, 0.717) is 0 Å². The van der Waals surface area contributed by atoms with Gasteiger partial charge < -0.3 is 36.2 Å². The lowest BCUT2D eigenvalue weighted by Crippen LogP contribution is -2.36. The summed E-state index contributed by atoms with van der Waals surface area (Å²) in [6, 6.07) is 9.04. The Labute approximate surface area is 137 Å². The van der Waals surface area contributed by atoms with Gasteiger partial charge in [-0.25, -0.2) is 14.4 Å². The maximum atomic E-state index is 11.1. The number of carboxylic acids is 2. The van der Waals surface area contributed by atoms with Crippen LogP contribution < -0.4 is 11.1 Å². The number of aliphatic hydroxyl groups excluding tert-OH is 2. The van der Waals surface area contributed by atoms with Crippen LogP contribution in [0.4, 0.5) is 4.79 Å². The average molecular weight is 344 g/mol. The molecule has 0 aliphatic carbocycles. The third-order valence-corrected chi connectivity index (χ3v) is 2.45. The maximum Gasteiger partial charge on any atom is 0.407 e. The van der Waals surface area contributed by atoms with E-state index < -0.39 is 30.2 Å². The van der Waals surface area contributed by atoms with Crippen LogP contribution in [-0.2, 0) is 20.9 Å². The highest BCUT2D eigenvalue weighted by Gasteiger charge is 2.14. The molecule has 0 spiro atoms. The number of carboxylic acid groups (broad SMARTS) is 2. The summed E-state index contributed by atoms with van der Waals surface area (Å²) >= 11 is 0. The van der Waals surface area contributed by atoms with Gasteiger partial charge in [-0.2, -0.15) is 0 Å². The van der Waals surface area contributed by atoms with E-state index in [1.165, 1.54) is 0 Å². The Kier molecular flexibility index (Phi) is 10.5. The largest absolute Gasteiger partial charge is 0.479 e. The number of nitrogens with one attached hydrogen (secondary N) is 1. The first-order valence-electron chi connectivity index (χ1n) is 6.74. The van der Waals surface area contributed by atoms with E-state index in [9.17, 15) is 14.4 Å². The molecule has 1 aromatic rings. The van der Waals surface area contributed by atoms with Gasteiger partial charge in [0.25, 0.3) is 0 Å². The van der Waals surface area contributed by atoms with Crippen molar-refractivity contribution in [3.05, 3.63) is 35.9 Å². The van der Waals surface area contributed by atoms with E-state index in [4.69, 9.17) is 30.9 Å². The highest BCUT2D eigenvalue weighted by Crippen LogP contribution is 2.00. The first-order valence-corrected chi connectivity index (χ1v) is 6.74. The summed E-state index contributed by atoms with van der Waals surface area (Å²) in [5.74, 6) is -2.67. The Morgan fingerprint density at radius 2 is 1.58 bits per heavy atom. The lowest BCUT2D eigenvalue weighted by atomic mass is 10.2. The first kappa shape index (κ1) is 21.3. The molecule has 10 heteroatoms. The van der Waals surface area contributed by atoms with Crippen LogP contribution in [0, 0.1) is 0 Å². The standard InChI is InChI=1S/C11H13NO5.C3H7NO3/c13-9(10(14)15)6-12-11(16)17-7-8-4-2-1-3-5-8;4-1-2(5)3(6)7/h1-5,9,13H,6-7H2,(H,12,16)(H,14,15);2,5H,1,4H2,(H,6,7)/t9-;2-/m00/s1. The van der Waals surface area contributed by atoms with Crippen LogP contribution in [0.1, 0.15) is 5.56 Å². The molecule has 0 heterocycles. The zero-order valence-corrected chi connectivity index (χ0v) is 12.7. The van der Waals surface area contributed by atoms with Crippen molar-refractivity contribution in [3.8, 4) is 0 Å². The molecule has 0 saturated heterocycles. The van der Waals surface area contributed by atoms with E-state index >= 15 is 0 Å². The number of benzene rings is 1. The second-order valence-corrected chi connectivity index (χ2v) is 4.39. The van der Waals surface area contributed by atoms with E-state index in [2.05, 4.69) is 5.32 Å². The zero-order valence-electron chi connectivity index (χ0n) is 12.7. The second kappa shape index (κ2) is 11.8. The molecule has 0 bridgehead atoms. The topological polar surface area (TPSA) is 179 Å². The number of alkyl carbamates (subject to hydrolysis) is 1. The fourth-order valence-electron chi connectivity index (χ4n) is 1.14. The van der Waals surface area contributed by atoms with Crippen molar-refractivity contribution in [2.45, 2.75) is 18.8 Å². The molecule has 0 aliphatic heterocycles. The van der Waals surface area contributed by atoms with Crippen molar-refractivity contribution in [3.63, 3.8) is 0 Å². The number of aliphatic carboxylic acids is 2. The van der Waals surface area contributed by atoms with Gasteiger partial charge in [0, 0.05) is 6.54 Å². The third kappa shape index (κ3) is 10.1. The Morgan fingerprint density at radius 3 is 2.00 bits per heavy atom. The molecule has 2 atom stereocenters. The van der Waals surface area contributed by atoms with Gasteiger partial charge in [-0.05, 0) is 5.56 Å². The van der Waals surface area contributed by atoms with Crippen molar-refractivity contribution in [2.24, 2.45) is 5.73 Å². The molecule has 10 nitrogen and oxygen atoms in total. The molecule has 1 amide bonds. The average Bonchev–Trinajstić information content (AvgIpc) is 2.58. The Hall–Kier alpha value is -2.69. The number of carbonyl (C=O) groups is 3. The molecule has 0 unspecified atom stereocenters. The predicted molar refractivity (Wildman–Crippen MR) is 81.0 cm³/mol. The third-order valence-electron chi connectivity index (χ3n) is 2.45. The summed E-state index contributed by atoms with van der Waals surface area (Å²) in [6.45, 7) is -0.520. The first-order chi connectivity index (χ1) is 11.3. The molecular weight excluding hydrogens is 324 g/mol. The van der Waals surface area contributed by atoms with Gasteiger partial charge in [0.15, 0.2) is 12.2 Å². The van der Waals surface area contributed by atoms with Crippen LogP contribution in [-0.4, -0.2) is 63.8 Å². The molecule has 134 valence electrons. The smallest absolute Gasteiger partial charge is 0.407 e. The summed E-state index contributed by atoms with van der Waals surface area (Å²) in [6.07, 6.45) is -3.80. The van der Waals surface area contributed by atoms with Crippen LogP contribution in [0.3, 0.4) is 0 Å². The Morgan fingerprint density at radius 1 is 1.04 bits per heavy atom. The molecule has 1 rings (SSSR count). The summed E-state index contributed by atoms with van der Waals surface area (Å²) < 4.78 is 4.80. The van der Waals surface area contributed by atoms with Crippen LogP contribution in [0.15, 0.2) is 30.3 Å². The van der Waals surface area contributed by atoms with Crippen molar-refractivity contribution >= 4 is 18.0 Å². The second-order valence-electron chi connectivity index (χ2n) is 4.39. The summed E-state index contributed by atoms with van der Waals surface area (Å²) in [4.78, 5) is 31.0. The number of hydrogen-bond acceptors (Lipinski definition) is 7. The SMILES string of the molecule is NC[C@H](O)C(=O)O.O=C(NC[C@H](O)C(=O)O)OCc1ccccc1. The van der Waals surface area contributed by atoms with Gasteiger partial charge >= 0.3 is 18.0 Å². The summed E-state index contributed by atoms with van der Waals surface area (Å²) in [5, 5.41) is 35.5. The normalized spacial score (nSPS) is 12.1. The van der Waals surface area contributed by atoms with Crippen molar-refractivity contribution in [1.29, 1.82) is 0 Å². The molecule has 24 heavy (non-hydrogen) atoms. The molecule has 0 saturated carbocycles. The number of hydrogen-bond donors (Lipinski definition) is 6. The molecule has 0 fully saturated rings. The van der Waals surface area contributed by atoms with Crippen LogP contribution in [0.5, 0.6) is 0 Å². The van der Waals surface area contributed by atoms with E-state index in [1.807, 2.05) is 18.2 Å². The molecule has 0 radical (unpaired) electrons. The van der Waals surface area contributed by atoms with Gasteiger partial charge in [0.2, 0.25) is 0 Å². The summed E-state index contributed by atoms with van der Waals surface area (Å²) in [5.41, 5.74) is 5.56. The number of ether oxygens (including phenoxy) is 1. The number of rotatable bonds is 7. The van der Waals surface area contributed by atoms with Crippen LogP contribution >= 0.6 is 0 Å². The molecule has 7 N–H and O–H groups in total. The molecule has 0 aliphatic rings. The number of carbonyl (C=O) groups excluding carboxylic acids is 1. The Bertz CT molecular complexity index is 523. The maximum absolute atomic E-state index is 11.1. The fraction of sp³-hybridized carbons (Fsp3) is 0.357. The molecule has 0 aromatic heterocycles. The number of amides is 1. The van der Waals surface area contributed by atoms with Gasteiger partial charge in [-0.3, -0.25) is 0 Å². The zero-order chi connectivity index (χ0) is 18.5. The number of nitrogens with two attached hydrogens (primary N) is 1. The predicted octanol–water partition coefficient (Wildman–Crippen LogP) is -1.25. The van der Waals surface area contributed by atoms with Crippen molar-refractivity contribution < 1.29 is 39.5 Å². The quantitative estimate of drug-likeness (QED) is 0.352. The fourth-order valence-corrected chi connectivity index (χ4v) is 1.14. The Balaban J connectivity index is 0.000000640.